The number of aromatic amines is 1. The maximum absolute atomic E-state index is 12.4. The van der Waals surface area contributed by atoms with Gasteiger partial charge in [-0.3, -0.25) is 14.8 Å². The summed E-state index contributed by atoms with van der Waals surface area (Å²) in [6, 6.07) is 14.1. The molecule has 124 valence electrons. The van der Waals surface area contributed by atoms with Crippen molar-refractivity contribution >= 4 is 5.91 Å². The van der Waals surface area contributed by atoms with E-state index in [9.17, 15) is 10.1 Å². The predicted octanol–water partition coefficient (Wildman–Crippen LogP) is 1.50. The Morgan fingerprint density at radius 2 is 2.17 bits per heavy atom. The molecule has 1 aliphatic heterocycles. The molecule has 1 aromatic heterocycles. The first-order valence-corrected chi connectivity index (χ1v) is 8.12. The summed E-state index contributed by atoms with van der Waals surface area (Å²) in [4.78, 5) is 16.4. The van der Waals surface area contributed by atoms with E-state index in [0.29, 0.717) is 19.6 Å². The van der Waals surface area contributed by atoms with Gasteiger partial charge in [0.2, 0.25) is 5.91 Å². The molecule has 0 bridgehead atoms. The van der Waals surface area contributed by atoms with Crippen LogP contribution in [0.1, 0.15) is 17.0 Å². The number of hydrogen-bond acceptors (Lipinski definition) is 4. The summed E-state index contributed by atoms with van der Waals surface area (Å²) >= 11 is 0. The molecule has 2 heterocycles. The van der Waals surface area contributed by atoms with Crippen molar-refractivity contribution in [2.45, 2.75) is 25.9 Å². The van der Waals surface area contributed by atoms with Crippen molar-refractivity contribution in [3.05, 3.63) is 53.3 Å². The highest BCUT2D eigenvalue weighted by molar-refractivity contribution is 5.78. The first kappa shape index (κ1) is 16.2. The lowest BCUT2D eigenvalue weighted by molar-refractivity contribution is -0.133. The van der Waals surface area contributed by atoms with Crippen molar-refractivity contribution in [3.8, 4) is 6.07 Å². The summed E-state index contributed by atoms with van der Waals surface area (Å²) in [6.45, 7) is 4.45. The standard InChI is InChI=1S/C18H21N5O/c1-14-9-16(21-20-14)10-18(24)23-8-7-22(17(11-19)13-23)12-15-5-3-2-4-6-15/h2-6,9,17H,7-8,10,12-13H2,1H3,(H,20,21)/t17-/m0/s1. The lowest BCUT2D eigenvalue weighted by Gasteiger charge is -2.38. The van der Waals surface area contributed by atoms with Crippen LogP contribution >= 0.6 is 0 Å². The van der Waals surface area contributed by atoms with Gasteiger partial charge in [-0.25, -0.2) is 0 Å². The third-order valence-corrected chi connectivity index (χ3v) is 4.31. The summed E-state index contributed by atoms with van der Waals surface area (Å²) < 4.78 is 0. The van der Waals surface area contributed by atoms with Crippen LogP contribution in [0.2, 0.25) is 0 Å². The quantitative estimate of drug-likeness (QED) is 0.925. The van der Waals surface area contributed by atoms with Crippen molar-refractivity contribution in [1.29, 1.82) is 5.26 Å². The molecule has 24 heavy (non-hydrogen) atoms. The van der Waals surface area contributed by atoms with E-state index in [1.165, 1.54) is 5.56 Å². The van der Waals surface area contributed by atoms with Gasteiger partial charge in [-0.15, -0.1) is 0 Å². The summed E-state index contributed by atoms with van der Waals surface area (Å²) in [6.07, 6.45) is 0.279. The van der Waals surface area contributed by atoms with Gasteiger partial charge < -0.3 is 4.90 Å². The molecule has 3 rings (SSSR count). The van der Waals surface area contributed by atoms with Crippen LogP contribution in [-0.4, -0.2) is 51.6 Å². The topological polar surface area (TPSA) is 76.0 Å². The zero-order valence-corrected chi connectivity index (χ0v) is 13.8. The summed E-state index contributed by atoms with van der Waals surface area (Å²) in [7, 11) is 0. The SMILES string of the molecule is Cc1cc(CC(=O)N2CCN(Cc3ccccc3)[C@@H](C#N)C2)n[nH]1. The molecule has 6 heteroatoms. The minimum Gasteiger partial charge on any atom is -0.338 e. The number of aromatic nitrogens is 2. The number of amides is 1. The van der Waals surface area contributed by atoms with Crippen LogP contribution in [0.25, 0.3) is 0 Å². The number of nitrogens with one attached hydrogen (secondary N) is 1. The molecule has 1 fully saturated rings. The highest BCUT2D eigenvalue weighted by atomic mass is 16.2. The van der Waals surface area contributed by atoms with Gasteiger partial charge in [0, 0.05) is 31.9 Å². The lowest BCUT2D eigenvalue weighted by atomic mass is 10.1. The average molecular weight is 323 g/mol. The summed E-state index contributed by atoms with van der Waals surface area (Å²) in [5.74, 6) is 0.0288. The van der Waals surface area contributed by atoms with Gasteiger partial charge in [-0.1, -0.05) is 30.3 Å². The van der Waals surface area contributed by atoms with Crippen LogP contribution in [0, 0.1) is 18.3 Å². The Labute approximate surface area is 141 Å². The lowest BCUT2D eigenvalue weighted by Crippen LogP contribution is -2.54. The van der Waals surface area contributed by atoms with Gasteiger partial charge in [-0.05, 0) is 18.6 Å². The largest absolute Gasteiger partial charge is 0.338 e. The Kier molecular flexibility index (Phi) is 4.92. The second-order valence-corrected chi connectivity index (χ2v) is 6.16. The predicted molar refractivity (Wildman–Crippen MR) is 89.9 cm³/mol. The van der Waals surface area contributed by atoms with Gasteiger partial charge >= 0.3 is 0 Å². The monoisotopic (exact) mass is 323 g/mol. The van der Waals surface area contributed by atoms with Crippen LogP contribution in [-0.2, 0) is 17.8 Å². The first-order chi connectivity index (χ1) is 11.7. The molecule has 1 N–H and O–H groups in total. The van der Waals surface area contributed by atoms with Crippen LogP contribution < -0.4 is 0 Å². The normalized spacial score (nSPS) is 18.3. The third-order valence-electron chi connectivity index (χ3n) is 4.31. The Hall–Kier alpha value is -2.65. The molecule has 1 saturated heterocycles. The fourth-order valence-electron chi connectivity index (χ4n) is 3.01. The number of nitrogens with zero attached hydrogens (tertiary/aromatic N) is 4. The highest BCUT2D eigenvalue weighted by Crippen LogP contribution is 2.15. The van der Waals surface area contributed by atoms with E-state index < -0.39 is 0 Å². The first-order valence-electron chi connectivity index (χ1n) is 8.12. The van der Waals surface area contributed by atoms with Gasteiger partial charge in [0.25, 0.3) is 0 Å². The number of H-pyrrole nitrogens is 1. The number of carbonyl (C=O) groups is 1. The maximum atomic E-state index is 12.4. The van der Waals surface area contributed by atoms with Crippen LogP contribution in [0.5, 0.6) is 0 Å². The number of carbonyl (C=O) groups excluding carboxylic acids is 1. The van der Waals surface area contributed by atoms with E-state index in [1.807, 2.05) is 31.2 Å². The Morgan fingerprint density at radius 3 is 2.83 bits per heavy atom. The second kappa shape index (κ2) is 7.28. The number of nitriles is 1. The number of hydrogen-bond donors (Lipinski definition) is 1. The van der Waals surface area contributed by atoms with Crippen LogP contribution in [0.3, 0.4) is 0 Å². The van der Waals surface area contributed by atoms with E-state index in [4.69, 9.17) is 0 Å². The molecular weight excluding hydrogens is 302 g/mol. The molecule has 1 atom stereocenters. The zero-order chi connectivity index (χ0) is 16.9. The molecule has 2 aromatic rings. The van der Waals surface area contributed by atoms with Crippen LogP contribution in [0.15, 0.2) is 36.4 Å². The van der Waals surface area contributed by atoms with Crippen molar-refractivity contribution in [2.24, 2.45) is 0 Å². The summed E-state index contributed by atoms with van der Waals surface area (Å²) in [5.41, 5.74) is 2.88. The number of piperazine rings is 1. The van der Waals surface area contributed by atoms with E-state index in [2.05, 4.69) is 33.3 Å². The fourth-order valence-corrected chi connectivity index (χ4v) is 3.01. The molecule has 0 radical (unpaired) electrons. The van der Waals surface area contributed by atoms with E-state index >= 15 is 0 Å². The van der Waals surface area contributed by atoms with Gasteiger partial charge in [0.15, 0.2) is 0 Å². The van der Waals surface area contributed by atoms with Gasteiger partial charge in [-0.2, -0.15) is 10.4 Å². The van der Waals surface area contributed by atoms with Gasteiger partial charge in [0.05, 0.1) is 18.2 Å². The van der Waals surface area contributed by atoms with E-state index in [-0.39, 0.29) is 18.4 Å². The van der Waals surface area contributed by atoms with Crippen molar-refractivity contribution in [1.82, 2.24) is 20.0 Å². The minimum absolute atomic E-state index is 0.0288. The van der Waals surface area contributed by atoms with E-state index in [0.717, 1.165) is 17.9 Å². The number of benzene rings is 1. The van der Waals surface area contributed by atoms with Crippen molar-refractivity contribution in [3.63, 3.8) is 0 Å². The fraction of sp³-hybridized carbons (Fsp3) is 0.389. The zero-order valence-electron chi connectivity index (χ0n) is 13.8. The molecule has 6 nitrogen and oxygen atoms in total. The highest BCUT2D eigenvalue weighted by Gasteiger charge is 2.29. The van der Waals surface area contributed by atoms with Crippen LogP contribution in [0.4, 0.5) is 0 Å². The molecular formula is C18H21N5O. The molecule has 1 amide bonds. The Balaban J connectivity index is 1.60. The van der Waals surface area contributed by atoms with E-state index in [1.54, 1.807) is 4.90 Å². The molecule has 0 aliphatic carbocycles. The smallest absolute Gasteiger partial charge is 0.228 e. The molecule has 0 unspecified atom stereocenters. The molecule has 1 aliphatic rings. The second-order valence-electron chi connectivity index (χ2n) is 6.16. The molecule has 1 aromatic carbocycles. The number of aryl methyl sites for hydroxylation is 1. The molecule has 0 spiro atoms. The molecule has 0 saturated carbocycles. The van der Waals surface area contributed by atoms with Gasteiger partial charge in [0.1, 0.15) is 6.04 Å². The minimum atomic E-state index is -0.274. The number of rotatable bonds is 4. The summed E-state index contributed by atoms with van der Waals surface area (Å²) in [5, 5.41) is 16.4. The Morgan fingerprint density at radius 1 is 1.38 bits per heavy atom. The average Bonchev–Trinajstić information content (AvgIpc) is 3.01. The Bertz CT molecular complexity index is 733. The maximum Gasteiger partial charge on any atom is 0.228 e. The third kappa shape index (κ3) is 3.81. The van der Waals surface area contributed by atoms with Crippen molar-refractivity contribution in [2.75, 3.05) is 19.6 Å². The van der Waals surface area contributed by atoms with Crippen molar-refractivity contribution < 1.29 is 4.79 Å².